The van der Waals surface area contributed by atoms with E-state index >= 15 is 0 Å². The van der Waals surface area contributed by atoms with E-state index in [1.54, 1.807) is 17.0 Å². The third-order valence-electron chi connectivity index (χ3n) is 4.60. The number of benzene rings is 1. The fourth-order valence-electron chi connectivity index (χ4n) is 3.24. The molecule has 0 radical (unpaired) electrons. The second kappa shape index (κ2) is 11.4. The van der Waals surface area contributed by atoms with Crippen molar-refractivity contribution in [1.82, 2.24) is 10.2 Å². The lowest BCUT2D eigenvalue weighted by molar-refractivity contribution is -0.0557. The summed E-state index contributed by atoms with van der Waals surface area (Å²) in [6.07, 6.45) is -0.635. The average molecular weight is 426 g/mol. The number of hydrogen-bond donors (Lipinski definition) is 1. The van der Waals surface area contributed by atoms with Gasteiger partial charge in [-0.05, 0) is 32.9 Å². The molecule has 0 aliphatic carbocycles. The second-order valence-corrected chi connectivity index (χ2v) is 8.08. The summed E-state index contributed by atoms with van der Waals surface area (Å²) < 4.78 is 31.3. The molecule has 1 unspecified atom stereocenters. The van der Waals surface area contributed by atoms with Gasteiger partial charge in [0.25, 0.3) is 0 Å². The Morgan fingerprint density at radius 3 is 2.57 bits per heavy atom. The first-order chi connectivity index (χ1) is 14.3. The molecule has 0 aromatic heterocycles. The van der Waals surface area contributed by atoms with Gasteiger partial charge in [-0.15, -0.1) is 0 Å². The topological polar surface area (TPSA) is 63.3 Å². The van der Waals surface area contributed by atoms with Gasteiger partial charge in [0.15, 0.2) is 0 Å². The Morgan fingerprint density at radius 1 is 1.23 bits per heavy atom. The van der Waals surface area contributed by atoms with Crippen molar-refractivity contribution in [2.45, 2.75) is 46.3 Å². The summed E-state index contributed by atoms with van der Waals surface area (Å²) in [5.74, 6) is 0.161. The number of amides is 1. The van der Waals surface area contributed by atoms with Crippen molar-refractivity contribution in [2.75, 3.05) is 57.4 Å². The number of ether oxygens (including phenoxy) is 3. The molecule has 8 heteroatoms. The number of carbonyl (C=O) groups is 1. The number of halogens is 1. The lowest BCUT2D eigenvalue weighted by Crippen LogP contribution is -2.49. The van der Waals surface area contributed by atoms with E-state index < -0.39 is 5.60 Å². The van der Waals surface area contributed by atoms with Crippen molar-refractivity contribution < 1.29 is 23.4 Å². The van der Waals surface area contributed by atoms with Crippen LogP contribution in [-0.2, 0) is 9.47 Å². The largest absolute Gasteiger partial charge is 0.491 e. The summed E-state index contributed by atoms with van der Waals surface area (Å²) in [6, 6.07) is 4.94. The number of nitrogens with one attached hydrogen (secondary N) is 1. The van der Waals surface area contributed by atoms with Crippen LogP contribution in [0, 0.1) is 5.82 Å². The molecule has 2 fully saturated rings. The molecule has 7 nitrogen and oxygen atoms in total. The average Bonchev–Trinajstić information content (AvgIpc) is 2.73. The highest BCUT2D eigenvalue weighted by Crippen LogP contribution is 2.25. The SMILES string of the molecule is CC.CC(C)(C)OC(=O)N1CCOC(COc2ccc(N3CCNCC3)c(F)c2)C1. The first-order valence-electron chi connectivity index (χ1n) is 10.8. The maximum absolute atomic E-state index is 14.5. The zero-order valence-corrected chi connectivity index (χ0v) is 18.9. The van der Waals surface area contributed by atoms with Crippen LogP contribution in [0.5, 0.6) is 5.75 Å². The summed E-state index contributed by atoms with van der Waals surface area (Å²) in [5.41, 5.74) is 0.0595. The van der Waals surface area contributed by atoms with Gasteiger partial charge in [0.1, 0.15) is 29.9 Å². The van der Waals surface area contributed by atoms with E-state index in [9.17, 15) is 9.18 Å². The minimum Gasteiger partial charge on any atom is -0.491 e. The van der Waals surface area contributed by atoms with Crippen LogP contribution >= 0.6 is 0 Å². The first-order valence-corrected chi connectivity index (χ1v) is 10.8. The number of hydrogen-bond acceptors (Lipinski definition) is 6. The predicted octanol–water partition coefficient (Wildman–Crippen LogP) is 3.28. The molecule has 2 aliphatic heterocycles. The van der Waals surface area contributed by atoms with Crippen molar-refractivity contribution >= 4 is 11.8 Å². The Kier molecular flexibility index (Phi) is 9.17. The lowest BCUT2D eigenvalue weighted by Gasteiger charge is -2.34. The molecule has 0 saturated carbocycles. The molecular weight excluding hydrogens is 389 g/mol. The van der Waals surface area contributed by atoms with Crippen molar-refractivity contribution in [3.8, 4) is 5.75 Å². The number of piperazine rings is 1. The minimum atomic E-state index is -0.537. The highest BCUT2D eigenvalue weighted by molar-refractivity contribution is 5.68. The maximum atomic E-state index is 14.5. The van der Waals surface area contributed by atoms with Gasteiger partial charge >= 0.3 is 6.09 Å². The molecule has 30 heavy (non-hydrogen) atoms. The van der Waals surface area contributed by atoms with Crippen LogP contribution in [0.4, 0.5) is 14.9 Å². The van der Waals surface area contributed by atoms with Crippen molar-refractivity contribution in [3.05, 3.63) is 24.0 Å². The van der Waals surface area contributed by atoms with Crippen LogP contribution in [0.3, 0.4) is 0 Å². The monoisotopic (exact) mass is 425 g/mol. The quantitative estimate of drug-likeness (QED) is 0.799. The van der Waals surface area contributed by atoms with E-state index in [2.05, 4.69) is 5.32 Å². The van der Waals surface area contributed by atoms with Crippen molar-refractivity contribution in [3.63, 3.8) is 0 Å². The van der Waals surface area contributed by atoms with Gasteiger partial charge in [-0.3, -0.25) is 0 Å². The molecular formula is C22H36FN3O4. The minimum absolute atomic E-state index is 0.242. The van der Waals surface area contributed by atoms with Gasteiger partial charge < -0.3 is 29.3 Å². The van der Waals surface area contributed by atoms with Gasteiger partial charge in [0.2, 0.25) is 0 Å². The molecule has 1 atom stereocenters. The molecule has 0 bridgehead atoms. The third kappa shape index (κ3) is 7.32. The van der Waals surface area contributed by atoms with Gasteiger partial charge in [0.05, 0.1) is 18.8 Å². The number of morpholine rings is 1. The number of nitrogens with zero attached hydrogens (tertiary/aromatic N) is 2. The molecule has 2 saturated heterocycles. The molecule has 1 N–H and O–H groups in total. The molecule has 2 heterocycles. The predicted molar refractivity (Wildman–Crippen MR) is 116 cm³/mol. The van der Waals surface area contributed by atoms with E-state index in [1.807, 2.05) is 39.5 Å². The van der Waals surface area contributed by atoms with E-state index in [0.717, 1.165) is 26.2 Å². The Hall–Kier alpha value is -2.06. The van der Waals surface area contributed by atoms with E-state index in [1.165, 1.54) is 6.07 Å². The van der Waals surface area contributed by atoms with Crippen LogP contribution in [0.1, 0.15) is 34.6 Å². The number of rotatable bonds is 4. The third-order valence-corrected chi connectivity index (χ3v) is 4.60. The van der Waals surface area contributed by atoms with Gasteiger partial charge in [-0.2, -0.15) is 0 Å². The summed E-state index contributed by atoms with van der Waals surface area (Å²) in [4.78, 5) is 15.9. The van der Waals surface area contributed by atoms with Gasteiger partial charge in [-0.1, -0.05) is 13.8 Å². The standard InChI is InChI=1S/C20H30FN3O4.C2H6/c1-20(2,3)28-19(25)24-10-11-26-16(13-24)14-27-15-4-5-18(17(21)12-15)23-8-6-22-7-9-23;1-2/h4-5,12,16,22H,6-11,13-14H2,1-3H3;1-2H3. The summed E-state index contributed by atoms with van der Waals surface area (Å²) in [6.45, 7) is 14.3. The van der Waals surface area contributed by atoms with Crippen LogP contribution in [0.2, 0.25) is 0 Å². The van der Waals surface area contributed by atoms with Crippen LogP contribution < -0.4 is 15.0 Å². The van der Waals surface area contributed by atoms with Crippen LogP contribution in [0.15, 0.2) is 18.2 Å². The Labute approximate surface area is 179 Å². The fraction of sp³-hybridized carbons (Fsp3) is 0.682. The zero-order valence-electron chi connectivity index (χ0n) is 18.9. The zero-order chi connectivity index (χ0) is 22.1. The Bertz CT molecular complexity index is 675. The fourth-order valence-corrected chi connectivity index (χ4v) is 3.24. The molecule has 1 amide bonds. The normalized spacial score (nSPS) is 19.6. The summed E-state index contributed by atoms with van der Waals surface area (Å²) in [5, 5.41) is 3.26. The molecule has 2 aliphatic rings. The molecule has 1 aromatic carbocycles. The van der Waals surface area contributed by atoms with E-state index in [-0.39, 0.29) is 24.6 Å². The molecule has 3 rings (SSSR count). The Morgan fingerprint density at radius 2 is 1.93 bits per heavy atom. The van der Waals surface area contributed by atoms with Crippen LogP contribution in [-0.4, -0.2) is 75.2 Å². The summed E-state index contributed by atoms with van der Waals surface area (Å²) >= 11 is 0. The smallest absolute Gasteiger partial charge is 0.410 e. The maximum Gasteiger partial charge on any atom is 0.410 e. The highest BCUT2D eigenvalue weighted by atomic mass is 19.1. The first kappa shape index (κ1) is 24.2. The number of carbonyl (C=O) groups excluding carboxylic acids is 1. The van der Waals surface area contributed by atoms with E-state index in [0.29, 0.717) is 31.1 Å². The van der Waals surface area contributed by atoms with Crippen molar-refractivity contribution in [2.24, 2.45) is 0 Å². The highest BCUT2D eigenvalue weighted by Gasteiger charge is 2.28. The lowest BCUT2D eigenvalue weighted by atomic mass is 10.2. The second-order valence-electron chi connectivity index (χ2n) is 8.08. The van der Waals surface area contributed by atoms with Crippen molar-refractivity contribution in [1.29, 1.82) is 0 Å². The molecule has 0 spiro atoms. The van der Waals surface area contributed by atoms with Crippen LogP contribution in [0.25, 0.3) is 0 Å². The molecule has 170 valence electrons. The number of anilines is 1. The van der Waals surface area contributed by atoms with E-state index in [4.69, 9.17) is 14.2 Å². The van der Waals surface area contributed by atoms with Gasteiger partial charge in [0, 0.05) is 38.8 Å². The summed E-state index contributed by atoms with van der Waals surface area (Å²) in [7, 11) is 0. The van der Waals surface area contributed by atoms with Gasteiger partial charge in [-0.25, -0.2) is 9.18 Å². The molecule has 1 aromatic rings. The Balaban J connectivity index is 0.00000155.